The number of aromatic nitrogens is 2. The van der Waals surface area contributed by atoms with E-state index in [1.54, 1.807) is 24.3 Å². The summed E-state index contributed by atoms with van der Waals surface area (Å²) in [5, 5.41) is 9.24. The number of hydrogen-bond acceptors (Lipinski definition) is 5. The fourth-order valence-corrected chi connectivity index (χ4v) is 2.92. The van der Waals surface area contributed by atoms with Crippen LogP contribution >= 0.6 is 23.4 Å². The summed E-state index contributed by atoms with van der Waals surface area (Å²) in [7, 11) is 0. The standard InChI is InChI=1S/C17H15ClN2O2S/c1-12-4-2-3-5-13(12)11-23-17-20-19-16(22-17)10-21-15-8-6-14(18)7-9-15/h2-9H,10-11H2,1H3. The molecule has 0 N–H and O–H groups in total. The fourth-order valence-electron chi connectivity index (χ4n) is 1.94. The Bertz CT molecular complexity index is 774. The Hall–Kier alpha value is -1.98. The van der Waals surface area contributed by atoms with Crippen molar-refractivity contribution in [1.29, 1.82) is 0 Å². The molecule has 4 nitrogen and oxygen atoms in total. The van der Waals surface area contributed by atoms with Crippen LogP contribution < -0.4 is 4.74 Å². The van der Waals surface area contributed by atoms with Gasteiger partial charge in [-0.2, -0.15) is 0 Å². The summed E-state index contributed by atoms with van der Waals surface area (Å²) in [5.74, 6) is 1.96. The van der Waals surface area contributed by atoms with Crippen LogP contribution in [0, 0.1) is 6.92 Å². The molecule has 0 aliphatic heterocycles. The molecule has 2 aromatic carbocycles. The van der Waals surface area contributed by atoms with E-state index in [1.165, 1.54) is 22.9 Å². The third kappa shape index (κ3) is 4.50. The van der Waals surface area contributed by atoms with Gasteiger partial charge in [0, 0.05) is 10.8 Å². The van der Waals surface area contributed by atoms with E-state index in [2.05, 4.69) is 29.3 Å². The van der Waals surface area contributed by atoms with Crippen LogP contribution in [0.3, 0.4) is 0 Å². The smallest absolute Gasteiger partial charge is 0.277 e. The second-order valence-corrected chi connectivity index (χ2v) is 6.28. The van der Waals surface area contributed by atoms with E-state index < -0.39 is 0 Å². The zero-order valence-corrected chi connectivity index (χ0v) is 14.1. The lowest BCUT2D eigenvalue weighted by molar-refractivity contribution is 0.252. The number of benzene rings is 2. The molecule has 0 amide bonds. The van der Waals surface area contributed by atoms with Gasteiger partial charge in [-0.15, -0.1) is 10.2 Å². The molecule has 0 saturated carbocycles. The van der Waals surface area contributed by atoms with E-state index in [1.807, 2.05) is 12.1 Å². The molecule has 0 radical (unpaired) electrons. The Morgan fingerprint density at radius 2 is 1.87 bits per heavy atom. The molecular weight excluding hydrogens is 332 g/mol. The lowest BCUT2D eigenvalue weighted by atomic mass is 10.1. The van der Waals surface area contributed by atoms with Gasteiger partial charge in [0.25, 0.3) is 11.1 Å². The van der Waals surface area contributed by atoms with Gasteiger partial charge in [0.1, 0.15) is 5.75 Å². The molecule has 0 bridgehead atoms. The SMILES string of the molecule is Cc1ccccc1CSc1nnc(COc2ccc(Cl)cc2)o1. The van der Waals surface area contributed by atoms with Gasteiger partial charge in [-0.1, -0.05) is 47.6 Å². The summed E-state index contributed by atoms with van der Waals surface area (Å²) in [6.45, 7) is 2.33. The molecule has 0 unspecified atom stereocenters. The van der Waals surface area contributed by atoms with Crippen molar-refractivity contribution in [2.24, 2.45) is 0 Å². The van der Waals surface area contributed by atoms with Crippen molar-refractivity contribution in [3.05, 3.63) is 70.6 Å². The van der Waals surface area contributed by atoms with E-state index in [4.69, 9.17) is 20.8 Å². The van der Waals surface area contributed by atoms with Crippen LogP contribution in [-0.2, 0) is 12.4 Å². The molecule has 1 heterocycles. The van der Waals surface area contributed by atoms with Crippen molar-refractivity contribution in [2.45, 2.75) is 24.5 Å². The molecule has 0 aliphatic carbocycles. The van der Waals surface area contributed by atoms with Crippen molar-refractivity contribution < 1.29 is 9.15 Å². The van der Waals surface area contributed by atoms with Gasteiger partial charge in [-0.3, -0.25) is 0 Å². The summed E-state index contributed by atoms with van der Waals surface area (Å²) in [6.07, 6.45) is 0. The Kier molecular flexibility index (Phi) is 5.20. The van der Waals surface area contributed by atoms with Crippen molar-refractivity contribution in [1.82, 2.24) is 10.2 Å². The maximum absolute atomic E-state index is 5.83. The maximum atomic E-state index is 5.83. The highest BCUT2D eigenvalue weighted by Gasteiger charge is 2.08. The molecule has 1 aromatic heterocycles. The minimum atomic E-state index is 0.236. The largest absolute Gasteiger partial charge is 0.484 e. The van der Waals surface area contributed by atoms with E-state index in [-0.39, 0.29) is 6.61 Å². The molecule has 0 fully saturated rings. The molecule has 0 saturated heterocycles. The third-order valence-electron chi connectivity index (χ3n) is 3.24. The second-order valence-electron chi connectivity index (χ2n) is 4.92. The average Bonchev–Trinajstić information content (AvgIpc) is 3.02. The first-order chi connectivity index (χ1) is 11.2. The first-order valence-electron chi connectivity index (χ1n) is 7.09. The number of hydrogen-bond donors (Lipinski definition) is 0. The summed E-state index contributed by atoms with van der Waals surface area (Å²) in [6, 6.07) is 15.4. The Morgan fingerprint density at radius 1 is 1.09 bits per heavy atom. The molecule has 23 heavy (non-hydrogen) atoms. The normalized spacial score (nSPS) is 10.7. The van der Waals surface area contributed by atoms with Gasteiger partial charge in [0.2, 0.25) is 0 Å². The summed E-state index contributed by atoms with van der Waals surface area (Å²) < 4.78 is 11.2. The van der Waals surface area contributed by atoms with E-state index >= 15 is 0 Å². The molecule has 3 rings (SSSR count). The van der Waals surface area contributed by atoms with Gasteiger partial charge in [-0.25, -0.2) is 0 Å². The number of aryl methyl sites for hydroxylation is 1. The van der Waals surface area contributed by atoms with E-state index in [9.17, 15) is 0 Å². The third-order valence-corrected chi connectivity index (χ3v) is 4.36. The Morgan fingerprint density at radius 3 is 2.65 bits per heavy atom. The molecule has 6 heteroatoms. The highest BCUT2D eigenvalue weighted by Crippen LogP contribution is 2.23. The van der Waals surface area contributed by atoms with Crippen LogP contribution in [0.1, 0.15) is 17.0 Å². The summed E-state index contributed by atoms with van der Waals surface area (Å²) in [5.41, 5.74) is 2.51. The molecule has 118 valence electrons. The van der Waals surface area contributed by atoms with Gasteiger partial charge < -0.3 is 9.15 Å². The molecule has 0 atom stereocenters. The van der Waals surface area contributed by atoms with Crippen LogP contribution in [0.25, 0.3) is 0 Å². The topological polar surface area (TPSA) is 48.2 Å². The number of thioether (sulfide) groups is 1. The second kappa shape index (κ2) is 7.53. The highest BCUT2D eigenvalue weighted by molar-refractivity contribution is 7.98. The zero-order valence-electron chi connectivity index (χ0n) is 12.5. The Labute approximate surface area is 143 Å². The fraction of sp³-hybridized carbons (Fsp3) is 0.176. The van der Waals surface area contributed by atoms with Crippen molar-refractivity contribution in [3.63, 3.8) is 0 Å². The lowest BCUT2D eigenvalue weighted by Crippen LogP contribution is -1.95. The van der Waals surface area contributed by atoms with Crippen molar-refractivity contribution in [2.75, 3.05) is 0 Å². The quantitative estimate of drug-likeness (QED) is 0.594. The summed E-state index contributed by atoms with van der Waals surface area (Å²) in [4.78, 5) is 0. The van der Waals surface area contributed by atoms with Crippen molar-refractivity contribution >= 4 is 23.4 Å². The predicted octanol–water partition coefficient (Wildman–Crippen LogP) is 4.90. The number of nitrogens with zero attached hydrogens (tertiary/aromatic N) is 2. The number of rotatable bonds is 6. The minimum absolute atomic E-state index is 0.236. The van der Waals surface area contributed by atoms with Crippen LogP contribution in [0.5, 0.6) is 5.75 Å². The molecule has 3 aromatic rings. The summed E-state index contributed by atoms with van der Waals surface area (Å²) >= 11 is 7.35. The van der Waals surface area contributed by atoms with Crippen LogP contribution in [0.2, 0.25) is 5.02 Å². The van der Waals surface area contributed by atoms with Gasteiger partial charge >= 0.3 is 0 Å². The first kappa shape index (κ1) is 15.9. The number of ether oxygens (including phenoxy) is 1. The van der Waals surface area contributed by atoms with Crippen LogP contribution in [0.15, 0.2) is 58.2 Å². The van der Waals surface area contributed by atoms with Gasteiger partial charge in [0.05, 0.1) is 0 Å². The molecule has 0 aliphatic rings. The monoisotopic (exact) mass is 346 g/mol. The minimum Gasteiger partial charge on any atom is -0.484 e. The van der Waals surface area contributed by atoms with Crippen LogP contribution in [0.4, 0.5) is 0 Å². The zero-order chi connectivity index (χ0) is 16.1. The van der Waals surface area contributed by atoms with Gasteiger partial charge in [-0.05, 0) is 42.3 Å². The first-order valence-corrected chi connectivity index (χ1v) is 8.45. The maximum Gasteiger partial charge on any atom is 0.277 e. The van der Waals surface area contributed by atoms with E-state index in [0.717, 1.165) is 5.75 Å². The lowest BCUT2D eigenvalue weighted by Gasteiger charge is -2.03. The molecular formula is C17H15ClN2O2S. The van der Waals surface area contributed by atoms with Crippen LogP contribution in [-0.4, -0.2) is 10.2 Å². The van der Waals surface area contributed by atoms with Crippen molar-refractivity contribution in [3.8, 4) is 5.75 Å². The number of halogens is 1. The molecule has 0 spiro atoms. The van der Waals surface area contributed by atoms with E-state index in [0.29, 0.717) is 21.9 Å². The Balaban J connectivity index is 1.53. The predicted molar refractivity (Wildman–Crippen MR) is 90.8 cm³/mol. The van der Waals surface area contributed by atoms with Gasteiger partial charge in [0.15, 0.2) is 6.61 Å². The highest BCUT2D eigenvalue weighted by atomic mass is 35.5. The average molecular weight is 347 g/mol.